The van der Waals surface area contributed by atoms with Crippen molar-refractivity contribution in [2.24, 2.45) is 11.7 Å². The molecule has 1 aliphatic rings. The lowest BCUT2D eigenvalue weighted by atomic mass is 9.86. The second kappa shape index (κ2) is 7.24. The normalized spacial score (nSPS) is 23.6. The minimum Gasteiger partial charge on any atom is -0.328 e. The van der Waals surface area contributed by atoms with Crippen LogP contribution in [-0.4, -0.2) is 21.0 Å². The van der Waals surface area contributed by atoms with Crippen molar-refractivity contribution in [3.63, 3.8) is 0 Å². The molecule has 108 valence electrons. The fourth-order valence-corrected chi connectivity index (χ4v) is 3.57. The van der Waals surface area contributed by atoms with Gasteiger partial charge >= 0.3 is 0 Å². The summed E-state index contributed by atoms with van der Waals surface area (Å²) in [5, 5.41) is 0. The summed E-state index contributed by atoms with van der Waals surface area (Å²) < 4.78 is 26.7. The van der Waals surface area contributed by atoms with Crippen LogP contribution in [0.1, 0.15) is 25.7 Å². The fourth-order valence-electron chi connectivity index (χ4n) is 2.43. The number of nitrogens with one attached hydrogen (secondary N) is 1. The highest BCUT2D eigenvalue weighted by atomic mass is 35.5. The third-order valence-corrected chi connectivity index (χ3v) is 4.88. The zero-order chi connectivity index (χ0) is 13.0. The summed E-state index contributed by atoms with van der Waals surface area (Å²) >= 11 is 0. The Kier molecular flexibility index (Phi) is 6.26. The lowest BCUT2D eigenvalue weighted by Crippen LogP contribution is -2.35. The molecule has 1 aliphatic carbocycles. The van der Waals surface area contributed by atoms with E-state index in [1.807, 2.05) is 0 Å². The molecule has 1 saturated carbocycles. The molecule has 0 saturated heterocycles. The van der Waals surface area contributed by atoms with Gasteiger partial charge in [-0.1, -0.05) is 24.6 Å². The number of nitrogens with two attached hydrogens (primary N) is 1. The summed E-state index contributed by atoms with van der Waals surface area (Å²) in [5.41, 5.74) is 5.90. The van der Waals surface area contributed by atoms with Gasteiger partial charge in [0.25, 0.3) is 0 Å². The first-order chi connectivity index (χ1) is 8.58. The molecule has 4 nitrogen and oxygen atoms in total. The summed E-state index contributed by atoms with van der Waals surface area (Å²) in [7, 11) is -3.37. The van der Waals surface area contributed by atoms with Crippen LogP contribution >= 0.6 is 12.4 Å². The Morgan fingerprint density at radius 1 is 1.21 bits per heavy atom. The Balaban J connectivity index is 0.00000180. The van der Waals surface area contributed by atoms with Gasteiger partial charge < -0.3 is 5.73 Å². The molecule has 0 spiro atoms. The molecule has 0 amide bonds. The summed E-state index contributed by atoms with van der Waals surface area (Å²) in [6, 6.07) is 8.70. The molecule has 0 aliphatic heterocycles. The first-order valence-electron chi connectivity index (χ1n) is 6.38. The van der Waals surface area contributed by atoms with Gasteiger partial charge in [0.1, 0.15) is 0 Å². The highest BCUT2D eigenvalue weighted by molar-refractivity contribution is 7.89. The van der Waals surface area contributed by atoms with Crippen LogP contribution in [0.5, 0.6) is 0 Å². The molecule has 0 heterocycles. The van der Waals surface area contributed by atoms with Crippen LogP contribution < -0.4 is 10.5 Å². The van der Waals surface area contributed by atoms with E-state index < -0.39 is 10.0 Å². The Labute approximate surface area is 121 Å². The molecule has 6 heteroatoms. The molecule has 0 aromatic heterocycles. The van der Waals surface area contributed by atoms with Crippen molar-refractivity contribution in [2.75, 3.05) is 6.54 Å². The molecule has 0 bridgehead atoms. The third kappa shape index (κ3) is 4.76. The van der Waals surface area contributed by atoms with E-state index >= 15 is 0 Å². The van der Waals surface area contributed by atoms with Gasteiger partial charge in [0, 0.05) is 12.6 Å². The molecule has 19 heavy (non-hydrogen) atoms. The quantitative estimate of drug-likeness (QED) is 0.892. The highest BCUT2D eigenvalue weighted by Crippen LogP contribution is 2.22. The van der Waals surface area contributed by atoms with E-state index in [4.69, 9.17) is 5.73 Å². The number of hydrogen-bond donors (Lipinski definition) is 2. The standard InChI is InChI=1S/C13H20N2O2S.ClH/c14-12-6-4-5-11(9-12)10-15-18(16,17)13-7-2-1-3-8-13;/h1-3,7-8,11-12,15H,4-6,9-10,14H2;1H. The molecule has 1 aromatic carbocycles. The van der Waals surface area contributed by atoms with E-state index in [0.717, 1.165) is 25.7 Å². The van der Waals surface area contributed by atoms with Crippen molar-refractivity contribution < 1.29 is 8.42 Å². The van der Waals surface area contributed by atoms with Crippen LogP contribution in [0.4, 0.5) is 0 Å². The number of benzene rings is 1. The van der Waals surface area contributed by atoms with Gasteiger partial charge in [0.05, 0.1) is 4.90 Å². The maximum atomic E-state index is 12.0. The number of halogens is 1. The number of hydrogen-bond acceptors (Lipinski definition) is 3. The topological polar surface area (TPSA) is 72.2 Å². The Morgan fingerprint density at radius 3 is 2.53 bits per heavy atom. The lowest BCUT2D eigenvalue weighted by Gasteiger charge is -2.26. The number of rotatable bonds is 4. The largest absolute Gasteiger partial charge is 0.328 e. The van der Waals surface area contributed by atoms with Gasteiger partial charge in [-0.3, -0.25) is 0 Å². The molecule has 2 atom stereocenters. The summed E-state index contributed by atoms with van der Waals surface area (Å²) in [6.07, 6.45) is 4.13. The van der Waals surface area contributed by atoms with Gasteiger partial charge in [0.2, 0.25) is 10.0 Å². The first kappa shape index (κ1) is 16.4. The zero-order valence-corrected chi connectivity index (χ0v) is 12.4. The summed E-state index contributed by atoms with van der Waals surface area (Å²) in [5.74, 6) is 0.368. The molecule has 1 aromatic rings. The second-order valence-corrected chi connectivity index (χ2v) is 6.72. The van der Waals surface area contributed by atoms with E-state index in [0.29, 0.717) is 17.4 Å². The highest BCUT2D eigenvalue weighted by Gasteiger charge is 2.21. The van der Waals surface area contributed by atoms with Crippen LogP contribution in [0.15, 0.2) is 35.2 Å². The monoisotopic (exact) mass is 304 g/mol. The van der Waals surface area contributed by atoms with E-state index in [1.54, 1.807) is 30.3 Å². The lowest BCUT2D eigenvalue weighted by molar-refractivity contribution is 0.322. The summed E-state index contributed by atoms with van der Waals surface area (Å²) in [6.45, 7) is 0.491. The van der Waals surface area contributed by atoms with Crippen molar-refractivity contribution in [3.8, 4) is 0 Å². The Bertz CT molecular complexity index is 479. The average Bonchev–Trinajstić information content (AvgIpc) is 2.38. The predicted molar refractivity (Wildman–Crippen MR) is 78.8 cm³/mol. The van der Waals surface area contributed by atoms with Crippen LogP contribution in [-0.2, 0) is 10.0 Å². The molecule has 3 N–H and O–H groups in total. The van der Waals surface area contributed by atoms with Crippen molar-refractivity contribution in [1.29, 1.82) is 0 Å². The maximum absolute atomic E-state index is 12.0. The van der Waals surface area contributed by atoms with Crippen LogP contribution in [0.2, 0.25) is 0 Å². The van der Waals surface area contributed by atoms with Gasteiger partial charge in [-0.15, -0.1) is 12.4 Å². The Morgan fingerprint density at radius 2 is 1.89 bits per heavy atom. The molecular weight excluding hydrogens is 284 g/mol. The smallest absolute Gasteiger partial charge is 0.240 e. The third-order valence-electron chi connectivity index (χ3n) is 3.44. The zero-order valence-electron chi connectivity index (χ0n) is 10.8. The predicted octanol–water partition coefficient (Wildman–Crippen LogP) is 1.90. The Hall–Kier alpha value is -0.620. The van der Waals surface area contributed by atoms with Gasteiger partial charge in [-0.05, 0) is 37.3 Å². The van der Waals surface area contributed by atoms with Crippen LogP contribution in [0, 0.1) is 5.92 Å². The first-order valence-corrected chi connectivity index (χ1v) is 7.86. The minimum absolute atomic E-state index is 0. The second-order valence-electron chi connectivity index (χ2n) is 4.96. The minimum atomic E-state index is -3.37. The molecule has 1 fully saturated rings. The van der Waals surface area contributed by atoms with Crippen molar-refractivity contribution in [2.45, 2.75) is 36.6 Å². The van der Waals surface area contributed by atoms with Crippen molar-refractivity contribution >= 4 is 22.4 Å². The van der Waals surface area contributed by atoms with Crippen LogP contribution in [0.25, 0.3) is 0 Å². The fraction of sp³-hybridized carbons (Fsp3) is 0.538. The maximum Gasteiger partial charge on any atom is 0.240 e. The van der Waals surface area contributed by atoms with Crippen LogP contribution in [0.3, 0.4) is 0 Å². The number of sulfonamides is 1. The molecule has 2 rings (SSSR count). The van der Waals surface area contributed by atoms with Gasteiger partial charge in [-0.2, -0.15) is 0 Å². The molecule has 0 radical (unpaired) electrons. The molecular formula is C13H21ClN2O2S. The average molecular weight is 305 g/mol. The van der Waals surface area contributed by atoms with E-state index in [9.17, 15) is 8.42 Å². The van der Waals surface area contributed by atoms with Crippen molar-refractivity contribution in [3.05, 3.63) is 30.3 Å². The van der Waals surface area contributed by atoms with E-state index in [2.05, 4.69) is 4.72 Å². The van der Waals surface area contributed by atoms with E-state index in [-0.39, 0.29) is 18.4 Å². The summed E-state index contributed by atoms with van der Waals surface area (Å²) in [4.78, 5) is 0.324. The van der Waals surface area contributed by atoms with Gasteiger partial charge in [-0.25, -0.2) is 13.1 Å². The SMILES string of the molecule is Cl.NC1CCCC(CNS(=O)(=O)c2ccccc2)C1. The molecule has 2 unspecified atom stereocenters. The van der Waals surface area contributed by atoms with Crippen molar-refractivity contribution in [1.82, 2.24) is 4.72 Å². The van der Waals surface area contributed by atoms with E-state index in [1.165, 1.54) is 0 Å². The van der Waals surface area contributed by atoms with Gasteiger partial charge in [0.15, 0.2) is 0 Å².